The molecular formula is C72H70BN3OS. The van der Waals surface area contributed by atoms with Crippen LogP contribution in [0.2, 0.25) is 0 Å². The van der Waals surface area contributed by atoms with Gasteiger partial charge in [-0.3, -0.25) is 0 Å². The van der Waals surface area contributed by atoms with Gasteiger partial charge in [0.1, 0.15) is 5.58 Å². The van der Waals surface area contributed by atoms with Gasteiger partial charge in [0.15, 0.2) is 5.58 Å². The van der Waals surface area contributed by atoms with Crippen molar-refractivity contribution >= 4 is 122 Å². The Balaban J connectivity index is 1.10. The number of fused-ring (bicyclic) bond motifs is 15. The third kappa shape index (κ3) is 6.08. The van der Waals surface area contributed by atoms with Gasteiger partial charge >= 0.3 is 0 Å². The molecule has 5 heterocycles. The van der Waals surface area contributed by atoms with Crippen molar-refractivity contribution in [3.63, 3.8) is 0 Å². The van der Waals surface area contributed by atoms with E-state index in [-0.39, 0.29) is 39.3 Å². The van der Waals surface area contributed by atoms with E-state index >= 15 is 0 Å². The van der Waals surface area contributed by atoms with E-state index < -0.39 is 0 Å². The Morgan fingerprint density at radius 1 is 0.423 bits per heavy atom. The maximum absolute atomic E-state index is 7.19. The summed E-state index contributed by atoms with van der Waals surface area (Å²) in [6.45, 7) is 25.2. The number of hydrogen-bond donors (Lipinski definition) is 0. The molecule has 0 amide bonds. The van der Waals surface area contributed by atoms with E-state index in [0.29, 0.717) is 0 Å². The first-order valence-electron chi connectivity index (χ1n) is 29.3. The highest BCUT2D eigenvalue weighted by Gasteiger charge is 2.58. The number of thiophene rings is 1. The first-order chi connectivity index (χ1) is 37.4. The fraction of sp³-hybridized carbons (Fsp3) is 0.333. The van der Waals surface area contributed by atoms with E-state index in [1.165, 1.54) is 123 Å². The van der Waals surface area contributed by atoms with Gasteiger partial charge in [0.2, 0.25) is 0 Å². The molecule has 1 saturated carbocycles. The highest BCUT2D eigenvalue weighted by atomic mass is 32.1. The van der Waals surface area contributed by atoms with Crippen molar-refractivity contribution in [3.8, 4) is 0 Å². The van der Waals surface area contributed by atoms with Gasteiger partial charge in [0, 0.05) is 65.8 Å². The van der Waals surface area contributed by atoms with Crippen molar-refractivity contribution in [1.29, 1.82) is 0 Å². The van der Waals surface area contributed by atoms with Crippen LogP contribution < -0.4 is 31.1 Å². The molecule has 388 valence electrons. The Labute approximate surface area is 465 Å². The van der Waals surface area contributed by atoms with E-state index in [9.17, 15) is 0 Å². The van der Waals surface area contributed by atoms with Crippen LogP contribution in [-0.2, 0) is 27.1 Å². The van der Waals surface area contributed by atoms with Crippen LogP contribution in [0.1, 0.15) is 148 Å². The quantitative estimate of drug-likeness (QED) is 0.165. The molecule has 4 nitrogen and oxygen atoms in total. The minimum Gasteiger partial charge on any atom is -0.454 e. The van der Waals surface area contributed by atoms with E-state index in [0.717, 1.165) is 59.7 Å². The maximum atomic E-state index is 7.19. The van der Waals surface area contributed by atoms with Gasteiger partial charge in [-0.25, -0.2) is 0 Å². The predicted octanol–water partition coefficient (Wildman–Crippen LogP) is 18.5. The molecule has 2 aromatic heterocycles. The zero-order chi connectivity index (χ0) is 53.2. The van der Waals surface area contributed by atoms with Gasteiger partial charge in [-0.05, 0) is 166 Å². The summed E-state index contributed by atoms with van der Waals surface area (Å²) in [4.78, 5) is 8.29. The van der Waals surface area contributed by atoms with Crippen LogP contribution in [-0.4, -0.2) is 12.3 Å². The third-order valence-electron chi connectivity index (χ3n) is 21.5. The topological polar surface area (TPSA) is 22.9 Å². The molecule has 0 radical (unpaired) electrons. The monoisotopic (exact) mass is 1040 g/mol. The molecule has 8 aromatic carbocycles. The van der Waals surface area contributed by atoms with Crippen LogP contribution in [0, 0.1) is 0 Å². The molecule has 0 spiro atoms. The van der Waals surface area contributed by atoms with Crippen molar-refractivity contribution in [2.24, 2.45) is 0 Å². The number of furan rings is 1. The van der Waals surface area contributed by atoms with Gasteiger partial charge < -0.3 is 19.1 Å². The lowest BCUT2D eigenvalue weighted by Gasteiger charge is -2.51. The van der Waals surface area contributed by atoms with Crippen LogP contribution in [0.4, 0.5) is 45.5 Å². The normalized spacial score (nSPS) is 22.7. The molecule has 1 fully saturated rings. The second-order valence-electron chi connectivity index (χ2n) is 27.6. The molecule has 3 aliphatic heterocycles. The Morgan fingerprint density at radius 2 is 0.936 bits per heavy atom. The lowest BCUT2D eigenvalue weighted by Crippen LogP contribution is -2.62. The summed E-state index contributed by atoms with van der Waals surface area (Å²) in [6, 6.07) is 57.3. The third-order valence-corrected chi connectivity index (χ3v) is 22.7. The van der Waals surface area contributed by atoms with Gasteiger partial charge in [0.05, 0.1) is 21.6 Å². The second kappa shape index (κ2) is 15.5. The number of hydrogen-bond acceptors (Lipinski definition) is 5. The Morgan fingerprint density at radius 3 is 1.60 bits per heavy atom. The predicted molar refractivity (Wildman–Crippen MR) is 334 cm³/mol. The number of anilines is 8. The molecule has 0 N–H and O–H groups in total. The van der Waals surface area contributed by atoms with Crippen molar-refractivity contribution in [2.75, 3.05) is 14.7 Å². The van der Waals surface area contributed by atoms with Gasteiger partial charge in [0.25, 0.3) is 6.71 Å². The zero-order valence-electron chi connectivity index (χ0n) is 47.2. The standard InChI is InChI=1S/C72H70BN3OS/c1-67(2)33-35-69(5,6)51-41-58-53(39-49(51)67)73-54-40-50-52(70(7,8)36-34-68(50,3)4)42-59(54)75(57-28-20-24-47-45-22-12-16-30-63(45)78-66(47)57)61-38-43(76-55-26-14-13-25-48(55)71(9)31-17-18-32-72(71,76)10)37-60(64(61)73)74(58)56-27-19-23-46-44-21-11-15-29-62(44)77-65(46)56/h11-16,19-30,37-42H,17-18,31-36H2,1-10H3. The molecule has 6 aliphatic rings. The summed E-state index contributed by atoms with van der Waals surface area (Å²) in [5.74, 6) is 0. The molecule has 16 rings (SSSR count). The van der Waals surface area contributed by atoms with Gasteiger partial charge in [-0.2, -0.15) is 0 Å². The second-order valence-corrected chi connectivity index (χ2v) is 28.7. The highest BCUT2D eigenvalue weighted by Crippen LogP contribution is 2.63. The SMILES string of the molecule is CC1(C)CCC(C)(C)c2cc3c(cc21)B1c2cc4c(cc2N(c2cccc5c2sc2ccccc25)c2cc(N5c6ccccc6C6(C)CCCCC56C)cc(c21)N3c1cccc2c1oc1ccccc12)C(C)(C)CCC4(C)C. The Bertz CT molecular complexity index is 4040. The van der Waals surface area contributed by atoms with Crippen LogP contribution in [0.3, 0.4) is 0 Å². The average molecular weight is 1040 g/mol. The van der Waals surface area contributed by atoms with Crippen LogP contribution in [0.15, 0.2) is 150 Å². The minimum absolute atomic E-state index is 0.00294. The molecule has 3 aliphatic carbocycles. The summed E-state index contributed by atoms with van der Waals surface area (Å²) in [5, 5.41) is 4.94. The van der Waals surface area contributed by atoms with Crippen molar-refractivity contribution < 1.29 is 4.42 Å². The lowest BCUT2D eigenvalue weighted by molar-refractivity contribution is 0.195. The maximum Gasteiger partial charge on any atom is 0.252 e. The molecule has 10 aromatic rings. The zero-order valence-corrected chi connectivity index (χ0v) is 48.1. The van der Waals surface area contributed by atoms with E-state index in [2.05, 4.69) is 230 Å². The first-order valence-corrected chi connectivity index (χ1v) is 30.1. The van der Waals surface area contributed by atoms with Crippen molar-refractivity contribution in [1.82, 2.24) is 0 Å². The fourth-order valence-corrected chi connectivity index (χ4v) is 17.9. The number of rotatable bonds is 3. The summed E-state index contributed by atoms with van der Waals surface area (Å²) >= 11 is 1.95. The number of nitrogens with zero attached hydrogens (tertiary/aromatic N) is 3. The molecule has 6 heteroatoms. The largest absolute Gasteiger partial charge is 0.454 e. The Kier molecular flexibility index (Phi) is 9.41. The molecule has 0 saturated heterocycles. The van der Waals surface area contributed by atoms with Crippen LogP contribution >= 0.6 is 11.3 Å². The van der Waals surface area contributed by atoms with Gasteiger partial charge in [-0.15, -0.1) is 11.3 Å². The lowest BCUT2D eigenvalue weighted by atomic mass is 9.32. The van der Waals surface area contributed by atoms with Crippen LogP contribution in [0.25, 0.3) is 42.1 Å². The molecule has 2 atom stereocenters. The number of benzene rings is 8. The van der Waals surface area contributed by atoms with E-state index in [1.807, 2.05) is 11.3 Å². The Hall–Kier alpha value is -6.76. The number of para-hydroxylation sites is 3. The summed E-state index contributed by atoms with van der Waals surface area (Å²) < 4.78 is 9.85. The van der Waals surface area contributed by atoms with Crippen molar-refractivity contribution in [2.45, 2.75) is 153 Å². The first kappa shape index (κ1) is 47.3. The van der Waals surface area contributed by atoms with E-state index in [1.54, 1.807) is 0 Å². The minimum atomic E-state index is -0.155. The summed E-state index contributed by atoms with van der Waals surface area (Å²) in [7, 11) is 0. The molecule has 0 bridgehead atoms. The highest BCUT2D eigenvalue weighted by molar-refractivity contribution is 7.26. The molecule has 2 unspecified atom stereocenters. The smallest absolute Gasteiger partial charge is 0.252 e. The van der Waals surface area contributed by atoms with Gasteiger partial charge in [-0.1, -0.05) is 166 Å². The fourth-order valence-electron chi connectivity index (χ4n) is 16.7. The summed E-state index contributed by atoms with van der Waals surface area (Å²) in [5.41, 5.74) is 23.3. The summed E-state index contributed by atoms with van der Waals surface area (Å²) in [6.07, 6.45) is 9.36. The molecule has 78 heavy (non-hydrogen) atoms. The van der Waals surface area contributed by atoms with Crippen molar-refractivity contribution in [3.05, 3.63) is 173 Å². The van der Waals surface area contributed by atoms with Crippen LogP contribution in [0.5, 0.6) is 0 Å². The average Bonchev–Trinajstić information content (AvgIpc) is 3.18. The van der Waals surface area contributed by atoms with E-state index in [4.69, 9.17) is 4.42 Å². The molecular weight excluding hydrogens is 966 g/mol.